The molecular weight excluding hydrogens is 247 g/mol. The summed E-state index contributed by atoms with van der Waals surface area (Å²) in [6.45, 7) is 2.85. The molecule has 1 unspecified atom stereocenters. The summed E-state index contributed by atoms with van der Waals surface area (Å²) in [5, 5.41) is 14.2. The van der Waals surface area contributed by atoms with Crippen LogP contribution >= 0.6 is 23.2 Å². The van der Waals surface area contributed by atoms with Gasteiger partial charge < -0.3 is 15.3 Å². The molecule has 1 aromatic rings. The molecule has 1 aromatic carbocycles. The van der Waals surface area contributed by atoms with Crippen molar-refractivity contribution in [1.29, 1.82) is 0 Å². The van der Waals surface area contributed by atoms with Crippen LogP contribution in [-0.4, -0.2) is 37.4 Å². The van der Waals surface area contributed by atoms with E-state index >= 15 is 0 Å². The molecule has 3 nitrogen and oxygen atoms in total. The van der Waals surface area contributed by atoms with Gasteiger partial charge in [-0.1, -0.05) is 23.2 Å². The highest BCUT2D eigenvalue weighted by molar-refractivity contribution is 6.35. The molecule has 0 bridgehead atoms. The Morgan fingerprint density at radius 1 is 1.38 bits per heavy atom. The third kappa shape index (κ3) is 2.80. The highest BCUT2D eigenvalue weighted by Gasteiger charge is 2.17. The number of hydrogen-bond acceptors (Lipinski definition) is 3. The summed E-state index contributed by atoms with van der Waals surface area (Å²) in [7, 11) is 0. The molecule has 0 amide bonds. The first-order chi connectivity index (χ1) is 7.66. The highest BCUT2D eigenvalue weighted by atomic mass is 35.5. The minimum Gasteiger partial charge on any atom is -0.390 e. The van der Waals surface area contributed by atoms with E-state index in [1.165, 1.54) is 0 Å². The fourth-order valence-electron chi connectivity index (χ4n) is 1.84. The minimum atomic E-state index is -0.377. The van der Waals surface area contributed by atoms with Gasteiger partial charge in [0.2, 0.25) is 0 Å². The Balaban J connectivity index is 2.24. The third-order valence-electron chi connectivity index (χ3n) is 2.62. The van der Waals surface area contributed by atoms with Crippen molar-refractivity contribution in [2.75, 3.05) is 31.1 Å². The Morgan fingerprint density at radius 2 is 2.19 bits per heavy atom. The molecule has 1 aliphatic heterocycles. The molecule has 1 saturated heterocycles. The van der Waals surface area contributed by atoms with E-state index in [1.807, 2.05) is 6.07 Å². The van der Waals surface area contributed by atoms with Gasteiger partial charge in [-0.3, -0.25) is 0 Å². The van der Waals surface area contributed by atoms with E-state index in [9.17, 15) is 5.11 Å². The molecule has 1 atom stereocenters. The smallest absolute Gasteiger partial charge is 0.0839 e. The van der Waals surface area contributed by atoms with Crippen LogP contribution in [0, 0.1) is 0 Å². The van der Waals surface area contributed by atoms with E-state index in [-0.39, 0.29) is 6.10 Å². The number of nitrogens with one attached hydrogen (secondary N) is 1. The normalized spacial score (nSPS) is 21.9. The van der Waals surface area contributed by atoms with Crippen molar-refractivity contribution >= 4 is 28.9 Å². The van der Waals surface area contributed by atoms with Crippen LogP contribution in [0.3, 0.4) is 0 Å². The molecule has 1 aliphatic rings. The van der Waals surface area contributed by atoms with E-state index in [4.69, 9.17) is 23.2 Å². The molecule has 2 rings (SSSR count). The molecule has 0 radical (unpaired) electrons. The fourth-order valence-corrected chi connectivity index (χ4v) is 2.24. The topological polar surface area (TPSA) is 35.5 Å². The van der Waals surface area contributed by atoms with Crippen LogP contribution in [0.25, 0.3) is 0 Å². The van der Waals surface area contributed by atoms with Crippen molar-refractivity contribution in [2.24, 2.45) is 0 Å². The van der Waals surface area contributed by atoms with Crippen LogP contribution in [0.15, 0.2) is 18.2 Å². The molecule has 88 valence electrons. The van der Waals surface area contributed by atoms with Crippen LogP contribution in [0.1, 0.15) is 0 Å². The standard InChI is InChI=1S/C11H14Cl2N2O/c12-8-1-2-10(13)11(5-8)15-4-3-14-6-9(16)7-15/h1-2,5,9,14,16H,3-4,6-7H2. The number of rotatable bonds is 1. The van der Waals surface area contributed by atoms with Crippen molar-refractivity contribution in [2.45, 2.75) is 6.10 Å². The van der Waals surface area contributed by atoms with E-state index < -0.39 is 0 Å². The maximum Gasteiger partial charge on any atom is 0.0839 e. The lowest BCUT2D eigenvalue weighted by Crippen LogP contribution is -2.32. The number of β-amino-alcohol motifs (C(OH)–C–C–N with tert-alkyl or cyclic N) is 1. The van der Waals surface area contributed by atoms with Crippen molar-refractivity contribution in [3.8, 4) is 0 Å². The van der Waals surface area contributed by atoms with Crippen molar-refractivity contribution in [3.05, 3.63) is 28.2 Å². The summed E-state index contributed by atoms with van der Waals surface area (Å²) >= 11 is 12.1. The van der Waals surface area contributed by atoms with Gasteiger partial charge in [-0.25, -0.2) is 0 Å². The van der Waals surface area contributed by atoms with Gasteiger partial charge in [0.05, 0.1) is 16.8 Å². The lowest BCUT2D eigenvalue weighted by molar-refractivity contribution is 0.185. The van der Waals surface area contributed by atoms with E-state index in [0.29, 0.717) is 23.1 Å². The zero-order valence-electron chi connectivity index (χ0n) is 8.79. The predicted molar refractivity (Wildman–Crippen MR) is 67.6 cm³/mol. The molecule has 16 heavy (non-hydrogen) atoms. The second-order valence-corrected chi connectivity index (χ2v) is 4.74. The molecule has 0 aliphatic carbocycles. The quantitative estimate of drug-likeness (QED) is 0.808. The Hall–Kier alpha value is -0.480. The minimum absolute atomic E-state index is 0.377. The van der Waals surface area contributed by atoms with Crippen molar-refractivity contribution in [3.63, 3.8) is 0 Å². The average molecular weight is 261 g/mol. The van der Waals surface area contributed by atoms with Gasteiger partial charge in [-0.15, -0.1) is 0 Å². The van der Waals surface area contributed by atoms with Crippen molar-refractivity contribution in [1.82, 2.24) is 5.32 Å². The van der Waals surface area contributed by atoms with Crippen LogP contribution < -0.4 is 10.2 Å². The monoisotopic (exact) mass is 260 g/mol. The molecule has 1 fully saturated rings. The third-order valence-corrected chi connectivity index (χ3v) is 3.17. The van der Waals surface area contributed by atoms with Gasteiger partial charge in [0.25, 0.3) is 0 Å². The lowest BCUT2D eigenvalue weighted by atomic mass is 10.2. The summed E-state index contributed by atoms with van der Waals surface area (Å²) in [4.78, 5) is 2.05. The van der Waals surface area contributed by atoms with Gasteiger partial charge in [0, 0.05) is 31.2 Å². The summed E-state index contributed by atoms with van der Waals surface area (Å²) in [6.07, 6.45) is -0.377. The summed E-state index contributed by atoms with van der Waals surface area (Å²) in [6, 6.07) is 5.38. The number of aliphatic hydroxyl groups excluding tert-OH is 1. The van der Waals surface area contributed by atoms with Crippen LogP contribution in [0.4, 0.5) is 5.69 Å². The first-order valence-corrected chi connectivity index (χ1v) is 6.01. The Labute approximate surface area is 105 Å². The summed E-state index contributed by atoms with van der Waals surface area (Å²) < 4.78 is 0. The number of hydrogen-bond donors (Lipinski definition) is 2. The molecule has 0 saturated carbocycles. The predicted octanol–water partition coefficient (Wildman–Crippen LogP) is 1.76. The van der Waals surface area contributed by atoms with E-state index in [0.717, 1.165) is 18.8 Å². The Bertz CT molecular complexity index is 373. The molecule has 5 heteroatoms. The van der Waals surface area contributed by atoms with E-state index in [2.05, 4.69) is 10.2 Å². The second kappa shape index (κ2) is 5.23. The highest BCUT2D eigenvalue weighted by Crippen LogP contribution is 2.29. The Morgan fingerprint density at radius 3 is 3.00 bits per heavy atom. The van der Waals surface area contributed by atoms with Gasteiger partial charge in [-0.05, 0) is 18.2 Å². The summed E-state index contributed by atoms with van der Waals surface area (Å²) in [5.41, 5.74) is 0.886. The number of nitrogens with zero attached hydrogens (tertiary/aromatic N) is 1. The van der Waals surface area contributed by atoms with Crippen LogP contribution in [0.2, 0.25) is 10.0 Å². The van der Waals surface area contributed by atoms with E-state index in [1.54, 1.807) is 12.1 Å². The van der Waals surface area contributed by atoms with Gasteiger partial charge in [0.1, 0.15) is 0 Å². The van der Waals surface area contributed by atoms with Gasteiger partial charge >= 0.3 is 0 Å². The summed E-state index contributed by atoms with van der Waals surface area (Å²) in [5.74, 6) is 0. The zero-order valence-corrected chi connectivity index (χ0v) is 10.3. The molecule has 0 aromatic heterocycles. The average Bonchev–Trinajstić information content (AvgIpc) is 2.46. The Kier molecular flexibility index (Phi) is 3.92. The number of anilines is 1. The van der Waals surface area contributed by atoms with Crippen molar-refractivity contribution < 1.29 is 5.11 Å². The zero-order chi connectivity index (χ0) is 11.5. The number of benzene rings is 1. The number of halogens is 2. The molecule has 0 spiro atoms. The molecule has 2 N–H and O–H groups in total. The largest absolute Gasteiger partial charge is 0.390 e. The SMILES string of the molecule is OC1CNCCN(c2cc(Cl)ccc2Cl)C1. The van der Waals surface area contributed by atoms with Gasteiger partial charge in [0.15, 0.2) is 0 Å². The maximum absolute atomic E-state index is 9.70. The first kappa shape index (κ1) is 12.0. The molecule has 1 heterocycles. The molecular formula is C11H14Cl2N2O. The maximum atomic E-state index is 9.70. The fraction of sp³-hybridized carbons (Fsp3) is 0.455. The first-order valence-electron chi connectivity index (χ1n) is 5.25. The number of aliphatic hydroxyl groups is 1. The van der Waals surface area contributed by atoms with Gasteiger partial charge in [-0.2, -0.15) is 0 Å². The second-order valence-electron chi connectivity index (χ2n) is 3.90. The van der Waals surface area contributed by atoms with Crippen LogP contribution in [0.5, 0.6) is 0 Å². The van der Waals surface area contributed by atoms with Crippen LogP contribution in [-0.2, 0) is 0 Å². The lowest BCUT2D eigenvalue weighted by Gasteiger charge is -2.25.